The van der Waals surface area contributed by atoms with Crippen molar-refractivity contribution in [1.29, 1.82) is 0 Å². The van der Waals surface area contributed by atoms with E-state index < -0.39 is 0 Å². The number of carbonyl (C=O) groups is 1. The molecule has 1 atom stereocenters. The second-order valence-corrected chi connectivity index (χ2v) is 8.08. The molecule has 0 fully saturated rings. The molecule has 5 rings (SSSR count). The zero-order valence-electron chi connectivity index (χ0n) is 17.6. The molecular formula is C26H24N4O. The fourth-order valence-electron chi connectivity index (χ4n) is 3.91. The van der Waals surface area contributed by atoms with E-state index in [-0.39, 0.29) is 12.1 Å². The first-order chi connectivity index (χ1) is 15.1. The van der Waals surface area contributed by atoms with Crippen LogP contribution in [0, 0.1) is 13.8 Å². The number of nitrogens with zero attached hydrogens (tertiary/aromatic N) is 2. The molecule has 4 aromatic rings. The molecular weight excluding hydrogens is 384 g/mol. The van der Waals surface area contributed by atoms with Crippen molar-refractivity contribution in [3.63, 3.8) is 0 Å². The van der Waals surface area contributed by atoms with Gasteiger partial charge in [-0.15, -0.1) is 0 Å². The SMILES string of the molecule is Cc1ccc(Cn2cc([C@@H]3NC(=O)c4ccccc4N3)c(-c3ccc(C)cc3)n2)cc1. The number of aryl methyl sites for hydroxylation is 2. The smallest absolute Gasteiger partial charge is 0.255 e. The van der Waals surface area contributed by atoms with Crippen LogP contribution in [0.1, 0.15) is 38.8 Å². The van der Waals surface area contributed by atoms with Gasteiger partial charge in [-0.1, -0.05) is 71.8 Å². The van der Waals surface area contributed by atoms with Crippen molar-refractivity contribution in [2.75, 3.05) is 5.32 Å². The average Bonchev–Trinajstić information content (AvgIpc) is 3.20. The first-order valence-electron chi connectivity index (χ1n) is 10.4. The minimum Gasteiger partial charge on any atom is -0.361 e. The predicted octanol–water partition coefficient (Wildman–Crippen LogP) is 5.07. The molecule has 5 nitrogen and oxygen atoms in total. The number of anilines is 1. The van der Waals surface area contributed by atoms with Gasteiger partial charge in [-0.05, 0) is 31.5 Å². The lowest BCUT2D eigenvalue weighted by molar-refractivity contribution is 0.0936. The van der Waals surface area contributed by atoms with E-state index in [9.17, 15) is 4.79 Å². The molecule has 1 aliphatic rings. The lowest BCUT2D eigenvalue weighted by atomic mass is 10.0. The van der Waals surface area contributed by atoms with E-state index in [4.69, 9.17) is 5.10 Å². The predicted molar refractivity (Wildman–Crippen MR) is 123 cm³/mol. The van der Waals surface area contributed by atoms with Crippen LogP contribution in [-0.4, -0.2) is 15.7 Å². The maximum atomic E-state index is 12.7. The van der Waals surface area contributed by atoms with Crippen LogP contribution in [0.5, 0.6) is 0 Å². The number of amides is 1. The topological polar surface area (TPSA) is 59.0 Å². The van der Waals surface area contributed by atoms with E-state index in [1.807, 2.05) is 35.1 Å². The van der Waals surface area contributed by atoms with Crippen molar-refractivity contribution in [3.8, 4) is 11.3 Å². The van der Waals surface area contributed by atoms with Gasteiger partial charge in [0.1, 0.15) is 6.17 Å². The molecule has 0 spiro atoms. The fraction of sp³-hybridized carbons (Fsp3) is 0.154. The molecule has 0 bridgehead atoms. The number of nitrogens with one attached hydrogen (secondary N) is 2. The van der Waals surface area contributed by atoms with Crippen LogP contribution in [0.3, 0.4) is 0 Å². The van der Waals surface area contributed by atoms with Crippen LogP contribution in [-0.2, 0) is 6.54 Å². The van der Waals surface area contributed by atoms with Gasteiger partial charge in [0, 0.05) is 23.0 Å². The maximum absolute atomic E-state index is 12.7. The highest BCUT2D eigenvalue weighted by molar-refractivity contribution is 6.01. The standard InChI is InChI=1S/C26H24N4O/c1-17-7-11-19(12-8-17)15-30-16-22(24(29-30)20-13-9-18(2)10-14-20)25-27-23-6-4-3-5-21(23)26(31)28-25/h3-14,16,25,27H,15H2,1-2H3,(H,28,31)/t25-/m0/s1. The summed E-state index contributed by atoms with van der Waals surface area (Å²) in [4.78, 5) is 12.7. The first-order valence-corrected chi connectivity index (χ1v) is 10.4. The zero-order chi connectivity index (χ0) is 21.4. The number of aromatic nitrogens is 2. The Morgan fingerprint density at radius 3 is 2.29 bits per heavy atom. The van der Waals surface area contributed by atoms with Crippen molar-refractivity contribution >= 4 is 11.6 Å². The van der Waals surface area contributed by atoms with Gasteiger partial charge in [0.2, 0.25) is 0 Å². The van der Waals surface area contributed by atoms with Gasteiger partial charge in [-0.2, -0.15) is 5.10 Å². The molecule has 1 amide bonds. The van der Waals surface area contributed by atoms with Gasteiger partial charge in [0.05, 0.1) is 17.8 Å². The molecule has 5 heteroatoms. The Kier molecular flexibility index (Phi) is 4.79. The molecule has 1 aliphatic heterocycles. The van der Waals surface area contributed by atoms with E-state index in [1.165, 1.54) is 16.7 Å². The summed E-state index contributed by atoms with van der Waals surface area (Å²) in [5.41, 5.74) is 7.93. The third-order valence-electron chi connectivity index (χ3n) is 5.64. The van der Waals surface area contributed by atoms with Crippen molar-refractivity contribution in [3.05, 3.63) is 107 Å². The second-order valence-electron chi connectivity index (χ2n) is 8.08. The highest BCUT2D eigenvalue weighted by Crippen LogP contribution is 2.32. The molecule has 0 saturated heterocycles. The zero-order valence-corrected chi connectivity index (χ0v) is 17.6. The van der Waals surface area contributed by atoms with E-state index in [0.717, 1.165) is 22.5 Å². The van der Waals surface area contributed by atoms with E-state index >= 15 is 0 Å². The van der Waals surface area contributed by atoms with Gasteiger partial charge in [0.15, 0.2) is 0 Å². The fourth-order valence-corrected chi connectivity index (χ4v) is 3.91. The minimum absolute atomic E-state index is 0.0829. The molecule has 2 heterocycles. The number of hydrogen-bond donors (Lipinski definition) is 2. The van der Waals surface area contributed by atoms with E-state index in [0.29, 0.717) is 12.1 Å². The van der Waals surface area contributed by atoms with Crippen LogP contribution in [0.15, 0.2) is 79.0 Å². The summed E-state index contributed by atoms with van der Waals surface area (Å²) >= 11 is 0. The molecule has 3 aromatic carbocycles. The summed E-state index contributed by atoms with van der Waals surface area (Å²) in [5.74, 6) is -0.0829. The minimum atomic E-state index is -0.356. The Hall–Kier alpha value is -3.86. The summed E-state index contributed by atoms with van der Waals surface area (Å²) in [6.45, 7) is 4.82. The van der Waals surface area contributed by atoms with Gasteiger partial charge >= 0.3 is 0 Å². The van der Waals surface area contributed by atoms with Crippen molar-refractivity contribution in [1.82, 2.24) is 15.1 Å². The van der Waals surface area contributed by atoms with Crippen LogP contribution < -0.4 is 10.6 Å². The average molecular weight is 409 g/mol. The molecule has 2 N–H and O–H groups in total. The van der Waals surface area contributed by atoms with Crippen molar-refractivity contribution in [2.24, 2.45) is 0 Å². The Morgan fingerprint density at radius 2 is 1.55 bits per heavy atom. The maximum Gasteiger partial charge on any atom is 0.255 e. The van der Waals surface area contributed by atoms with Crippen LogP contribution in [0.2, 0.25) is 0 Å². The summed E-state index contributed by atoms with van der Waals surface area (Å²) < 4.78 is 1.95. The number of hydrogen-bond acceptors (Lipinski definition) is 3. The van der Waals surface area contributed by atoms with Gasteiger partial charge in [0.25, 0.3) is 5.91 Å². The van der Waals surface area contributed by atoms with E-state index in [1.54, 1.807) is 0 Å². The lowest BCUT2D eigenvalue weighted by Crippen LogP contribution is -2.38. The molecule has 1 aromatic heterocycles. The largest absolute Gasteiger partial charge is 0.361 e. The summed E-state index contributed by atoms with van der Waals surface area (Å²) in [6.07, 6.45) is 1.67. The van der Waals surface area contributed by atoms with Gasteiger partial charge in [-0.25, -0.2) is 0 Å². The Labute approximate surface area is 181 Å². The Bertz CT molecular complexity index is 1240. The third-order valence-corrected chi connectivity index (χ3v) is 5.64. The summed E-state index contributed by atoms with van der Waals surface area (Å²) in [6, 6.07) is 24.4. The molecule has 0 aliphatic carbocycles. The Morgan fingerprint density at radius 1 is 0.871 bits per heavy atom. The number of rotatable bonds is 4. The summed E-state index contributed by atoms with van der Waals surface area (Å²) in [7, 11) is 0. The van der Waals surface area contributed by atoms with Gasteiger partial charge in [-0.3, -0.25) is 9.48 Å². The number of para-hydroxylation sites is 1. The molecule has 31 heavy (non-hydrogen) atoms. The normalized spacial score (nSPS) is 15.2. The third kappa shape index (κ3) is 3.82. The number of carbonyl (C=O) groups excluding carboxylic acids is 1. The first kappa shape index (κ1) is 19.1. The summed E-state index contributed by atoms with van der Waals surface area (Å²) in [5, 5.41) is 11.5. The highest BCUT2D eigenvalue weighted by atomic mass is 16.2. The molecule has 0 saturated carbocycles. The van der Waals surface area contributed by atoms with Crippen molar-refractivity contribution in [2.45, 2.75) is 26.6 Å². The van der Waals surface area contributed by atoms with Crippen LogP contribution >= 0.6 is 0 Å². The van der Waals surface area contributed by atoms with Crippen LogP contribution in [0.4, 0.5) is 5.69 Å². The van der Waals surface area contributed by atoms with E-state index in [2.05, 4.69) is 73.0 Å². The quantitative estimate of drug-likeness (QED) is 0.496. The monoisotopic (exact) mass is 408 g/mol. The number of fused-ring (bicyclic) bond motifs is 1. The number of benzene rings is 3. The Balaban J connectivity index is 1.55. The lowest BCUT2D eigenvalue weighted by Gasteiger charge is -2.27. The van der Waals surface area contributed by atoms with Gasteiger partial charge < -0.3 is 10.6 Å². The molecule has 0 unspecified atom stereocenters. The molecule has 0 radical (unpaired) electrons. The second kappa shape index (κ2) is 7.76. The highest BCUT2D eigenvalue weighted by Gasteiger charge is 2.28. The van der Waals surface area contributed by atoms with Crippen LogP contribution in [0.25, 0.3) is 11.3 Å². The molecule has 154 valence electrons. The van der Waals surface area contributed by atoms with Crippen molar-refractivity contribution < 1.29 is 4.79 Å².